The highest BCUT2D eigenvalue weighted by Crippen LogP contribution is 2.28. The largest absolute Gasteiger partial charge is 0.444 e. The average molecular weight is 1300 g/mol. The van der Waals surface area contributed by atoms with E-state index >= 15 is 0 Å². The van der Waals surface area contributed by atoms with E-state index in [1.165, 1.54) is 36.4 Å². The Morgan fingerprint density at radius 3 is 1.00 bits per heavy atom. The van der Waals surface area contributed by atoms with Crippen LogP contribution in [-0.2, 0) is 43.5 Å². The number of carbonyl (C=O) groups excluding carboxylic acids is 4. The van der Waals surface area contributed by atoms with Crippen molar-refractivity contribution in [2.24, 2.45) is 0 Å². The Hall–Kier alpha value is -7.30. The molecular formula is C63H84F10N8O10. The maximum Gasteiger partial charge on any atom is 0.411 e. The number of benzene rings is 4. The Morgan fingerprint density at radius 1 is 0.440 bits per heavy atom. The lowest BCUT2D eigenvalue weighted by atomic mass is 10.1. The first-order chi connectivity index (χ1) is 42.5. The fourth-order valence-corrected chi connectivity index (χ4v) is 9.40. The van der Waals surface area contributed by atoms with Crippen LogP contribution in [0.25, 0.3) is 0 Å². The number of alkyl halides is 6. The van der Waals surface area contributed by atoms with E-state index < -0.39 is 65.9 Å². The molecule has 506 valence electrons. The number of nitrogens with zero attached hydrogens (tertiary/aromatic N) is 7. The van der Waals surface area contributed by atoms with Crippen molar-refractivity contribution in [1.82, 2.24) is 20.0 Å². The van der Waals surface area contributed by atoms with Gasteiger partial charge in [0, 0.05) is 110 Å². The maximum atomic E-state index is 14.3. The van der Waals surface area contributed by atoms with Crippen molar-refractivity contribution in [1.29, 1.82) is 0 Å². The predicted octanol–water partition coefficient (Wildman–Crippen LogP) is 11.3. The van der Waals surface area contributed by atoms with E-state index in [4.69, 9.17) is 19.3 Å². The van der Waals surface area contributed by atoms with Crippen LogP contribution in [0.5, 0.6) is 0 Å². The molecule has 0 aliphatic carbocycles. The number of rotatable bonds is 12. The highest BCUT2D eigenvalue weighted by atomic mass is 19.4. The molecule has 0 unspecified atom stereocenters. The first-order valence-corrected chi connectivity index (χ1v) is 29.6. The van der Waals surface area contributed by atoms with Gasteiger partial charge in [-0.05, 0) is 134 Å². The second-order valence-corrected chi connectivity index (χ2v) is 24.7. The third kappa shape index (κ3) is 26.1. The number of piperazine rings is 4. The normalized spacial score (nSPS) is 15.9. The predicted molar refractivity (Wildman–Crippen MR) is 323 cm³/mol. The lowest BCUT2D eigenvalue weighted by molar-refractivity contribution is -0.177. The molecule has 4 aliphatic rings. The van der Waals surface area contributed by atoms with Gasteiger partial charge in [-0.1, -0.05) is 18.2 Å². The molecule has 2 N–H and O–H groups in total. The molecule has 0 atom stereocenters. The SMILES string of the molecule is CC(C)(C)OC(=O)N1CCN(c2ccc(C=O)cc2F)CC1.CC(C)(C)OC(=O)N1CCN(c2ccc(CO)cc2F)CC1.CC(C)(C)OC(=O)N1CCN(c2ccc(COCC(F)(F)F)cc2F)CC1.Fc1cc(COCC(F)(F)F)ccc1N1CCNCC1. The van der Waals surface area contributed by atoms with Gasteiger partial charge in [0.1, 0.15) is 59.6 Å². The third-order valence-electron chi connectivity index (χ3n) is 13.7. The van der Waals surface area contributed by atoms with Gasteiger partial charge in [0.15, 0.2) is 0 Å². The maximum absolute atomic E-state index is 14.3. The number of nitrogens with one attached hydrogen (secondary N) is 1. The smallest absolute Gasteiger partial charge is 0.411 e. The molecule has 4 fully saturated rings. The van der Waals surface area contributed by atoms with E-state index in [2.05, 4.69) is 14.8 Å². The Bertz CT molecular complexity index is 2980. The van der Waals surface area contributed by atoms with Crippen LogP contribution in [0.15, 0.2) is 72.8 Å². The zero-order chi connectivity index (χ0) is 67.5. The van der Waals surface area contributed by atoms with Crippen LogP contribution in [0, 0.1) is 23.3 Å². The van der Waals surface area contributed by atoms with Crippen LogP contribution in [0.1, 0.15) is 89.4 Å². The fourth-order valence-electron chi connectivity index (χ4n) is 9.40. The lowest BCUT2D eigenvalue weighted by Crippen LogP contribution is -2.50. The van der Waals surface area contributed by atoms with Crippen LogP contribution in [-0.4, -0.2) is 191 Å². The van der Waals surface area contributed by atoms with Gasteiger partial charge in [-0.15, -0.1) is 0 Å². The number of anilines is 4. The molecule has 4 aromatic carbocycles. The first kappa shape index (κ1) is 74.4. The average Bonchev–Trinajstić information content (AvgIpc) is 1.80. The van der Waals surface area contributed by atoms with E-state index in [1.54, 1.807) is 76.8 Å². The van der Waals surface area contributed by atoms with Crippen molar-refractivity contribution in [3.63, 3.8) is 0 Å². The molecule has 4 aromatic rings. The molecule has 0 aromatic heterocycles. The van der Waals surface area contributed by atoms with E-state index in [0.29, 0.717) is 143 Å². The quantitative estimate of drug-likeness (QED) is 0.0780. The number of ether oxygens (including phenoxy) is 5. The number of carbonyl (C=O) groups is 4. The number of halogens is 10. The Labute approximate surface area is 524 Å². The molecule has 18 nitrogen and oxygen atoms in total. The standard InChI is InChI=1S/C18H24F4N2O3.C16H23FN2O3.C16H21FN2O3.C13H16F4N2O/c1-17(2,3)27-16(25)24-8-6-23(7-9-24)15-5-4-13(10-14(15)19)11-26-12-18(20,21)22;2*1-16(2,3)22-15(21)19-8-6-18(7-9-19)14-5-4-12(11-20)10-13(14)17;14-11-7-10(8-20-9-13(15,16)17)1-2-12(11)19-5-3-18-4-6-19/h4-5,10H,6-9,11-12H2,1-3H3;4-5,10,20H,6-9,11H2,1-3H3;4-5,10-11H,6-9H2,1-3H3;1-2,7,18H,3-6,8-9H2. The molecule has 8 rings (SSSR count). The van der Waals surface area contributed by atoms with Gasteiger partial charge in [0.2, 0.25) is 0 Å². The Morgan fingerprint density at radius 2 is 0.725 bits per heavy atom. The van der Waals surface area contributed by atoms with Crippen LogP contribution < -0.4 is 24.9 Å². The summed E-state index contributed by atoms with van der Waals surface area (Å²) in [6, 6.07) is 17.8. The lowest BCUT2D eigenvalue weighted by Gasteiger charge is -2.36. The molecule has 0 radical (unpaired) electrons. The zero-order valence-electron chi connectivity index (χ0n) is 52.9. The summed E-state index contributed by atoms with van der Waals surface area (Å²) in [6.07, 6.45) is -9.23. The number of aldehydes is 1. The van der Waals surface area contributed by atoms with Crippen molar-refractivity contribution < 1.29 is 91.9 Å². The number of hydrogen-bond donors (Lipinski definition) is 2. The summed E-state index contributed by atoms with van der Waals surface area (Å²) in [5, 5.41) is 12.2. The van der Waals surface area contributed by atoms with Crippen molar-refractivity contribution in [2.75, 3.05) is 138 Å². The first-order valence-electron chi connectivity index (χ1n) is 29.6. The van der Waals surface area contributed by atoms with E-state index in [-0.39, 0.29) is 37.8 Å². The Kier molecular flexibility index (Phi) is 27.3. The monoisotopic (exact) mass is 1300 g/mol. The van der Waals surface area contributed by atoms with Crippen molar-refractivity contribution >= 4 is 47.3 Å². The second kappa shape index (κ2) is 33.3. The summed E-state index contributed by atoms with van der Waals surface area (Å²) in [7, 11) is 0. The van der Waals surface area contributed by atoms with E-state index in [1.807, 2.05) is 56.2 Å². The fraction of sp³-hybridized carbons (Fsp3) is 0.556. The third-order valence-corrected chi connectivity index (χ3v) is 13.7. The number of aliphatic hydroxyl groups excluding tert-OH is 1. The van der Waals surface area contributed by atoms with Gasteiger partial charge >= 0.3 is 30.6 Å². The van der Waals surface area contributed by atoms with Crippen LogP contribution in [0.4, 0.5) is 81.0 Å². The highest BCUT2D eigenvalue weighted by Gasteiger charge is 2.32. The molecule has 4 aliphatic heterocycles. The molecule has 3 amide bonds. The molecule has 0 saturated carbocycles. The molecule has 4 heterocycles. The number of hydrogen-bond acceptors (Lipinski definition) is 15. The summed E-state index contributed by atoms with van der Waals surface area (Å²) in [5.74, 6) is -1.73. The molecular weight excluding hydrogens is 1220 g/mol. The molecule has 91 heavy (non-hydrogen) atoms. The summed E-state index contributed by atoms with van der Waals surface area (Å²) >= 11 is 0. The molecule has 0 bridgehead atoms. The van der Waals surface area contributed by atoms with Gasteiger partial charge in [0.25, 0.3) is 0 Å². The van der Waals surface area contributed by atoms with Crippen molar-refractivity contribution in [2.45, 2.75) is 111 Å². The van der Waals surface area contributed by atoms with Crippen LogP contribution in [0.2, 0.25) is 0 Å². The molecule has 4 saturated heterocycles. The minimum atomic E-state index is -4.41. The topological polar surface area (TPSA) is 169 Å². The zero-order valence-corrected chi connectivity index (χ0v) is 52.9. The van der Waals surface area contributed by atoms with Crippen LogP contribution in [0.3, 0.4) is 0 Å². The van der Waals surface area contributed by atoms with Gasteiger partial charge < -0.3 is 68.4 Å². The van der Waals surface area contributed by atoms with Crippen molar-refractivity contribution in [3.8, 4) is 0 Å². The summed E-state index contributed by atoms with van der Waals surface area (Å²) < 4.78 is 153. The molecule has 0 spiro atoms. The van der Waals surface area contributed by atoms with Gasteiger partial charge in [-0.2, -0.15) is 26.3 Å². The molecule has 28 heteroatoms. The second-order valence-electron chi connectivity index (χ2n) is 24.7. The highest BCUT2D eigenvalue weighted by molar-refractivity contribution is 5.76. The van der Waals surface area contributed by atoms with Crippen LogP contribution >= 0.6 is 0 Å². The van der Waals surface area contributed by atoms with Gasteiger partial charge in [0.05, 0.1) is 42.6 Å². The number of aliphatic hydroxyl groups is 1. The van der Waals surface area contributed by atoms with Gasteiger partial charge in [-0.25, -0.2) is 31.9 Å². The summed E-state index contributed by atoms with van der Waals surface area (Å²) in [5.41, 5.74) is 1.75. The van der Waals surface area contributed by atoms with E-state index in [9.17, 15) is 63.1 Å². The van der Waals surface area contributed by atoms with Crippen molar-refractivity contribution in [3.05, 3.63) is 118 Å². The van der Waals surface area contributed by atoms with Gasteiger partial charge in [-0.3, -0.25) is 4.79 Å². The summed E-state index contributed by atoms with van der Waals surface area (Å²) in [6.45, 7) is 21.6. The minimum Gasteiger partial charge on any atom is -0.444 e. The van der Waals surface area contributed by atoms with E-state index in [0.717, 1.165) is 13.1 Å². The number of amides is 3. The Balaban J connectivity index is 0.000000222. The summed E-state index contributed by atoms with van der Waals surface area (Å²) in [4.78, 5) is 59.0. The minimum absolute atomic E-state index is 0.177.